The summed E-state index contributed by atoms with van der Waals surface area (Å²) in [6.07, 6.45) is 5.87. The van der Waals surface area contributed by atoms with Gasteiger partial charge in [0, 0.05) is 65.6 Å². The first-order valence-corrected chi connectivity index (χ1v) is 11.4. The lowest BCUT2D eigenvalue weighted by Crippen LogP contribution is -2.55. The molecule has 1 amide bonds. The molecule has 168 valence electrons. The van der Waals surface area contributed by atoms with Crippen LogP contribution in [0.2, 0.25) is 0 Å². The van der Waals surface area contributed by atoms with Gasteiger partial charge in [0.15, 0.2) is 5.96 Å². The predicted octanol–water partition coefficient (Wildman–Crippen LogP) is 0.452. The van der Waals surface area contributed by atoms with Crippen molar-refractivity contribution in [3.8, 4) is 0 Å². The molecule has 1 aromatic heterocycles. The van der Waals surface area contributed by atoms with Gasteiger partial charge in [-0.1, -0.05) is 6.92 Å². The first kappa shape index (κ1) is 22.6. The first-order chi connectivity index (χ1) is 14.6. The third-order valence-corrected chi connectivity index (χ3v) is 5.91. The van der Waals surface area contributed by atoms with Crippen molar-refractivity contribution in [1.82, 2.24) is 29.8 Å². The fraction of sp³-hybridized carbons (Fsp3) is 0.762. The number of aliphatic imine (C=N–C) groups is 1. The standard InChI is InChI=1S/C21H38N8O/c1-4-22-21(23-8-6-7-9-27-12-10-26(5-2)11-13-27)28-14-15-29(20(30)18-28)19-16-24-25(3)17-19/h16-17H,4-15,18H2,1-3H3,(H,22,23). The summed E-state index contributed by atoms with van der Waals surface area (Å²) in [6, 6.07) is 0. The van der Waals surface area contributed by atoms with Crippen molar-refractivity contribution in [3.63, 3.8) is 0 Å². The van der Waals surface area contributed by atoms with Gasteiger partial charge in [-0.15, -0.1) is 0 Å². The summed E-state index contributed by atoms with van der Waals surface area (Å²) >= 11 is 0. The molecule has 0 saturated carbocycles. The average molecular weight is 419 g/mol. The molecular formula is C21H38N8O. The van der Waals surface area contributed by atoms with Gasteiger partial charge in [0.05, 0.1) is 11.9 Å². The van der Waals surface area contributed by atoms with Crippen molar-refractivity contribution in [2.24, 2.45) is 12.0 Å². The van der Waals surface area contributed by atoms with Crippen molar-refractivity contribution in [3.05, 3.63) is 12.4 Å². The van der Waals surface area contributed by atoms with Crippen LogP contribution in [0, 0.1) is 0 Å². The van der Waals surface area contributed by atoms with Crippen LogP contribution in [0.4, 0.5) is 5.69 Å². The SMILES string of the molecule is CCNC(=NCCCCN1CCN(CC)CC1)N1CCN(c2cnn(C)c2)C(=O)C1. The zero-order chi connectivity index (χ0) is 21.3. The molecule has 2 fully saturated rings. The molecule has 2 aliphatic heterocycles. The van der Waals surface area contributed by atoms with Crippen LogP contribution in [0.3, 0.4) is 0 Å². The number of anilines is 1. The Morgan fingerprint density at radius 1 is 1.10 bits per heavy atom. The van der Waals surface area contributed by atoms with Crippen molar-refractivity contribution < 1.29 is 4.79 Å². The monoisotopic (exact) mass is 418 g/mol. The molecule has 9 nitrogen and oxygen atoms in total. The Morgan fingerprint density at radius 3 is 2.50 bits per heavy atom. The predicted molar refractivity (Wildman–Crippen MR) is 121 cm³/mol. The Hall–Kier alpha value is -2.13. The normalized spacial score (nSPS) is 19.6. The molecule has 0 aliphatic carbocycles. The Kier molecular flexibility index (Phi) is 8.50. The average Bonchev–Trinajstić information content (AvgIpc) is 3.19. The van der Waals surface area contributed by atoms with Crippen molar-refractivity contribution >= 4 is 17.6 Å². The lowest BCUT2D eigenvalue weighted by atomic mass is 10.2. The minimum absolute atomic E-state index is 0.0890. The van der Waals surface area contributed by atoms with E-state index in [2.05, 4.69) is 39.0 Å². The van der Waals surface area contributed by atoms with Gasteiger partial charge >= 0.3 is 0 Å². The number of nitrogens with one attached hydrogen (secondary N) is 1. The Labute approximate surface area is 180 Å². The molecular weight excluding hydrogens is 380 g/mol. The van der Waals surface area contributed by atoms with Crippen molar-refractivity contribution in [2.75, 3.05) is 76.9 Å². The molecule has 9 heteroatoms. The molecule has 1 N–H and O–H groups in total. The molecule has 0 aromatic carbocycles. The number of carbonyl (C=O) groups excluding carboxylic acids is 1. The summed E-state index contributed by atoms with van der Waals surface area (Å²) in [5.41, 5.74) is 0.865. The number of aryl methyl sites for hydroxylation is 1. The molecule has 3 heterocycles. The number of amides is 1. The van der Waals surface area contributed by atoms with Crippen LogP contribution in [0.15, 0.2) is 17.4 Å². The van der Waals surface area contributed by atoms with Crippen molar-refractivity contribution in [1.29, 1.82) is 0 Å². The van der Waals surface area contributed by atoms with Crippen LogP contribution >= 0.6 is 0 Å². The number of nitrogens with zero attached hydrogens (tertiary/aromatic N) is 7. The van der Waals surface area contributed by atoms with E-state index >= 15 is 0 Å². The number of hydrogen-bond acceptors (Lipinski definition) is 5. The van der Waals surface area contributed by atoms with Gasteiger partial charge in [0.1, 0.15) is 6.54 Å². The minimum Gasteiger partial charge on any atom is -0.357 e. The quantitative estimate of drug-likeness (QED) is 0.376. The van der Waals surface area contributed by atoms with E-state index in [9.17, 15) is 4.79 Å². The van der Waals surface area contributed by atoms with E-state index in [0.717, 1.165) is 50.8 Å². The van der Waals surface area contributed by atoms with Crippen LogP contribution in [0.5, 0.6) is 0 Å². The van der Waals surface area contributed by atoms with E-state index in [1.54, 1.807) is 10.9 Å². The molecule has 2 aliphatic rings. The second-order valence-electron chi connectivity index (χ2n) is 8.06. The maximum Gasteiger partial charge on any atom is 0.246 e. The Bertz CT molecular complexity index is 695. The number of aromatic nitrogens is 2. The Balaban J connectivity index is 1.42. The number of piperazine rings is 2. The highest BCUT2D eigenvalue weighted by atomic mass is 16.2. The molecule has 3 rings (SSSR count). The maximum atomic E-state index is 12.7. The van der Waals surface area contributed by atoms with Crippen LogP contribution < -0.4 is 10.2 Å². The van der Waals surface area contributed by atoms with Gasteiger partial charge in [-0.2, -0.15) is 5.10 Å². The Morgan fingerprint density at radius 2 is 1.87 bits per heavy atom. The third-order valence-electron chi connectivity index (χ3n) is 5.91. The highest BCUT2D eigenvalue weighted by Gasteiger charge is 2.27. The molecule has 30 heavy (non-hydrogen) atoms. The summed E-state index contributed by atoms with van der Waals surface area (Å²) in [6.45, 7) is 14.8. The number of unbranched alkanes of at least 4 members (excludes halogenated alkanes) is 1. The van der Waals surface area contributed by atoms with Gasteiger partial charge in [-0.25, -0.2) is 0 Å². The van der Waals surface area contributed by atoms with E-state index in [0.29, 0.717) is 13.1 Å². The fourth-order valence-corrected chi connectivity index (χ4v) is 4.06. The zero-order valence-electron chi connectivity index (χ0n) is 18.9. The van der Waals surface area contributed by atoms with Gasteiger partial charge in [0.25, 0.3) is 0 Å². The zero-order valence-corrected chi connectivity index (χ0v) is 18.9. The van der Waals surface area contributed by atoms with E-state index in [1.165, 1.54) is 32.6 Å². The van der Waals surface area contributed by atoms with Crippen LogP contribution in [-0.2, 0) is 11.8 Å². The summed E-state index contributed by atoms with van der Waals surface area (Å²) < 4.78 is 1.73. The summed E-state index contributed by atoms with van der Waals surface area (Å²) in [5, 5.41) is 7.53. The largest absolute Gasteiger partial charge is 0.357 e. The number of rotatable bonds is 8. The topological polar surface area (TPSA) is 72.2 Å². The van der Waals surface area contributed by atoms with E-state index in [4.69, 9.17) is 4.99 Å². The van der Waals surface area contributed by atoms with Crippen LogP contribution in [0.25, 0.3) is 0 Å². The minimum atomic E-state index is 0.0890. The highest BCUT2D eigenvalue weighted by Crippen LogP contribution is 2.16. The molecule has 0 spiro atoms. The van der Waals surface area contributed by atoms with Crippen molar-refractivity contribution in [2.45, 2.75) is 26.7 Å². The maximum absolute atomic E-state index is 12.7. The lowest BCUT2D eigenvalue weighted by Gasteiger charge is -2.35. The molecule has 0 atom stereocenters. The molecule has 1 aromatic rings. The van der Waals surface area contributed by atoms with Gasteiger partial charge in [0.2, 0.25) is 5.91 Å². The number of guanidine groups is 1. The third kappa shape index (κ3) is 6.18. The summed E-state index contributed by atoms with van der Waals surface area (Å²) in [5.74, 6) is 0.944. The molecule has 0 radical (unpaired) electrons. The summed E-state index contributed by atoms with van der Waals surface area (Å²) in [7, 11) is 1.87. The number of carbonyl (C=O) groups is 1. The lowest BCUT2D eigenvalue weighted by molar-refractivity contribution is -0.120. The van der Waals surface area contributed by atoms with Gasteiger partial charge in [-0.05, 0) is 32.9 Å². The highest BCUT2D eigenvalue weighted by molar-refractivity contribution is 5.98. The van der Waals surface area contributed by atoms with Crippen LogP contribution in [-0.4, -0.2) is 108 Å². The van der Waals surface area contributed by atoms with Gasteiger partial charge < -0.3 is 24.9 Å². The van der Waals surface area contributed by atoms with E-state index in [-0.39, 0.29) is 5.91 Å². The number of hydrogen-bond donors (Lipinski definition) is 1. The summed E-state index contributed by atoms with van der Waals surface area (Å²) in [4.78, 5) is 26.4. The van der Waals surface area contributed by atoms with E-state index < -0.39 is 0 Å². The second kappa shape index (κ2) is 11.3. The molecule has 2 saturated heterocycles. The fourth-order valence-electron chi connectivity index (χ4n) is 4.06. The van der Waals surface area contributed by atoms with Gasteiger partial charge in [-0.3, -0.25) is 14.5 Å². The first-order valence-electron chi connectivity index (χ1n) is 11.4. The molecule has 0 bridgehead atoms. The van der Waals surface area contributed by atoms with E-state index in [1.807, 2.05) is 18.1 Å². The molecule has 0 unspecified atom stereocenters. The van der Waals surface area contributed by atoms with Crippen LogP contribution in [0.1, 0.15) is 26.7 Å². The number of likely N-dealkylation sites (N-methyl/N-ethyl adjacent to an activating group) is 1. The second-order valence-corrected chi connectivity index (χ2v) is 8.06. The smallest absolute Gasteiger partial charge is 0.246 e.